The fourth-order valence-electron chi connectivity index (χ4n) is 3.27. The Morgan fingerprint density at radius 1 is 1.37 bits per heavy atom. The van der Waals surface area contributed by atoms with Crippen LogP contribution < -0.4 is 10.1 Å². The smallest absolute Gasteiger partial charge is 0.273 e. The molecule has 0 unspecified atom stereocenters. The number of para-hydroxylation sites is 1. The number of allylic oxidation sites excluding steroid dienone is 1. The van der Waals surface area contributed by atoms with E-state index in [4.69, 9.17) is 4.74 Å². The minimum Gasteiger partial charge on any atom is -0.496 e. The highest BCUT2D eigenvalue weighted by molar-refractivity contribution is 5.91. The monoisotopic (exact) mass is 370 g/mol. The zero-order valence-electron chi connectivity index (χ0n) is 15.6. The zero-order chi connectivity index (χ0) is 19.1. The predicted octanol–water partition coefficient (Wildman–Crippen LogP) is 2.64. The molecule has 1 aliphatic carbocycles. The lowest BCUT2D eigenvalue weighted by atomic mass is 9.97. The van der Waals surface area contributed by atoms with Gasteiger partial charge in [0.2, 0.25) is 0 Å². The molecule has 1 aromatic carbocycles. The lowest BCUT2D eigenvalue weighted by Crippen LogP contribution is -2.25. The van der Waals surface area contributed by atoms with Crippen LogP contribution in [0.25, 0.3) is 0 Å². The molecule has 1 aromatic heterocycles. The van der Waals surface area contributed by atoms with E-state index in [9.17, 15) is 9.90 Å². The molecule has 0 saturated carbocycles. The number of aromatic nitrogens is 3. The number of aliphatic hydroxyl groups is 1. The van der Waals surface area contributed by atoms with Gasteiger partial charge in [-0.1, -0.05) is 35.1 Å². The van der Waals surface area contributed by atoms with Crippen molar-refractivity contribution in [2.24, 2.45) is 0 Å². The lowest BCUT2D eigenvalue weighted by molar-refractivity contribution is 0.0948. The fourth-order valence-corrected chi connectivity index (χ4v) is 3.27. The van der Waals surface area contributed by atoms with E-state index in [1.807, 2.05) is 12.1 Å². The van der Waals surface area contributed by atoms with E-state index in [1.54, 1.807) is 25.4 Å². The van der Waals surface area contributed by atoms with Gasteiger partial charge in [-0.15, -0.1) is 5.10 Å². The van der Waals surface area contributed by atoms with Crippen molar-refractivity contribution in [1.82, 2.24) is 20.3 Å². The van der Waals surface area contributed by atoms with Crippen molar-refractivity contribution in [2.45, 2.75) is 44.8 Å². The number of rotatable bonds is 8. The SMILES string of the molecule is COc1ccccc1[C@@H](O)Cn1cc(C(=O)NCCC2=CCCCC2)nn1. The number of nitrogens with one attached hydrogen (secondary N) is 1. The Kier molecular flexibility index (Phi) is 6.59. The minimum absolute atomic E-state index is 0.188. The van der Waals surface area contributed by atoms with E-state index in [0.29, 0.717) is 17.9 Å². The van der Waals surface area contributed by atoms with Gasteiger partial charge in [-0.3, -0.25) is 4.79 Å². The van der Waals surface area contributed by atoms with E-state index in [1.165, 1.54) is 23.1 Å². The van der Waals surface area contributed by atoms with Gasteiger partial charge < -0.3 is 15.2 Å². The van der Waals surface area contributed by atoms with Gasteiger partial charge in [0.1, 0.15) is 11.9 Å². The summed E-state index contributed by atoms with van der Waals surface area (Å²) in [6.45, 7) is 0.787. The molecule has 27 heavy (non-hydrogen) atoms. The first-order valence-corrected chi connectivity index (χ1v) is 9.34. The van der Waals surface area contributed by atoms with Gasteiger partial charge in [-0.25, -0.2) is 4.68 Å². The van der Waals surface area contributed by atoms with E-state index < -0.39 is 6.10 Å². The molecule has 1 heterocycles. The van der Waals surface area contributed by atoms with Crippen molar-refractivity contribution >= 4 is 5.91 Å². The summed E-state index contributed by atoms with van der Waals surface area (Å²) in [5.74, 6) is 0.365. The number of methoxy groups -OCH3 is 1. The quantitative estimate of drug-likeness (QED) is 0.697. The second kappa shape index (κ2) is 9.32. The topological polar surface area (TPSA) is 89.3 Å². The molecule has 0 aliphatic heterocycles. The van der Waals surface area contributed by atoms with E-state index in [2.05, 4.69) is 21.7 Å². The number of ether oxygens (including phenoxy) is 1. The van der Waals surface area contributed by atoms with Crippen LogP contribution in [0.3, 0.4) is 0 Å². The summed E-state index contributed by atoms with van der Waals surface area (Å²) in [7, 11) is 1.56. The van der Waals surface area contributed by atoms with Crippen molar-refractivity contribution in [3.8, 4) is 5.75 Å². The van der Waals surface area contributed by atoms with E-state index >= 15 is 0 Å². The van der Waals surface area contributed by atoms with Crippen molar-refractivity contribution in [1.29, 1.82) is 0 Å². The van der Waals surface area contributed by atoms with Crippen LogP contribution in [0.5, 0.6) is 5.75 Å². The first-order chi connectivity index (χ1) is 13.2. The molecule has 0 saturated heterocycles. The maximum atomic E-state index is 12.2. The molecule has 1 atom stereocenters. The Morgan fingerprint density at radius 2 is 2.22 bits per heavy atom. The second-order valence-corrected chi connectivity index (χ2v) is 6.70. The number of amides is 1. The van der Waals surface area contributed by atoms with Crippen LogP contribution in [0.2, 0.25) is 0 Å². The third kappa shape index (κ3) is 5.17. The van der Waals surface area contributed by atoms with Crippen LogP contribution in [0.15, 0.2) is 42.1 Å². The molecule has 0 spiro atoms. The summed E-state index contributed by atoms with van der Waals surface area (Å²) in [6, 6.07) is 7.27. The van der Waals surface area contributed by atoms with Gasteiger partial charge in [0.15, 0.2) is 5.69 Å². The number of nitrogens with zero attached hydrogens (tertiary/aromatic N) is 3. The molecule has 7 nitrogen and oxygen atoms in total. The first kappa shape index (κ1) is 19.1. The Morgan fingerprint density at radius 3 is 3.00 bits per heavy atom. The average Bonchev–Trinajstić information content (AvgIpc) is 3.17. The van der Waals surface area contributed by atoms with Crippen molar-refractivity contribution < 1.29 is 14.6 Å². The molecule has 3 rings (SSSR count). The van der Waals surface area contributed by atoms with Crippen molar-refractivity contribution in [3.05, 3.63) is 53.4 Å². The molecular weight excluding hydrogens is 344 g/mol. The van der Waals surface area contributed by atoms with Crippen LogP contribution in [0, 0.1) is 0 Å². The lowest BCUT2D eigenvalue weighted by Gasteiger charge is -2.14. The molecular formula is C20H26N4O3. The van der Waals surface area contributed by atoms with Gasteiger partial charge in [0.05, 0.1) is 19.9 Å². The second-order valence-electron chi connectivity index (χ2n) is 6.70. The van der Waals surface area contributed by atoms with Crippen LogP contribution in [-0.4, -0.2) is 39.7 Å². The average molecular weight is 370 g/mol. The highest BCUT2D eigenvalue weighted by Gasteiger charge is 2.16. The first-order valence-electron chi connectivity index (χ1n) is 9.34. The number of benzene rings is 1. The van der Waals surface area contributed by atoms with Gasteiger partial charge in [-0.05, 0) is 38.2 Å². The summed E-state index contributed by atoms with van der Waals surface area (Å²) in [5, 5.41) is 21.2. The summed E-state index contributed by atoms with van der Waals surface area (Å²) in [4.78, 5) is 12.2. The maximum absolute atomic E-state index is 12.2. The van der Waals surface area contributed by atoms with E-state index in [-0.39, 0.29) is 18.1 Å². The molecule has 1 amide bonds. The Labute approximate surface area is 159 Å². The van der Waals surface area contributed by atoms with Crippen molar-refractivity contribution in [2.75, 3.05) is 13.7 Å². The molecule has 144 valence electrons. The summed E-state index contributed by atoms with van der Waals surface area (Å²) < 4.78 is 6.74. The summed E-state index contributed by atoms with van der Waals surface area (Å²) in [5.41, 5.74) is 2.34. The Hall–Kier alpha value is -2.67. The normalized spacial score (nSPS) is 15.1. The molecule has 1 aliphatic rings. The Bertz CT molecular complexity index is 800. The number of aliphatic hydroxyl groups excluding tert-OH is 1. The molecule has 0 bridgehead atoms. The standard InChI is InChI=1S/C20H26N4O3/c1-27-19-10-6-5-9-16(19)18(25)14-24-13-17(22-23-24)20(26)21-12-11-15-7-3-2-4-8-15/h5-7,9-10,13,18,25H,2-4,8,11-12,14H2,1H3,(H,21,26)/t18-/m0/s1. The minimum atomic E-state index is -0.808. The van der Waals surface area contributed by atoms with Gasteiger partial charge in [0.25, 0.3) is 5.91 Å². The number of hydrogen-bond donors (Lipinski definition) is 2. The molecule has 7 heteroatoms. The zero-order valence-corrected chi connectivity index (χ0v) is 15.6. The van der Waals surface area contributed by atoms with Gasteiger partial charge in [0, 0.05) is 12.1 Å². The fraction of sp³-hybridized carbons (Fsp3) is 0.450. The van der Waals surface area contributed by atoms with Crippen LogP contribution in [0.1, 0.15) is 54.3 Å². The molecule has 2 aromatic rings. The predicted molar refractivity (Wildman–Crippen MR) is 101 cm³/mol. The third-order valence-corrected chi connectivity index (χ3v) is 4.75. The van der Waals surface area contributed by atoms with Gasteiger partial charge in [-0.2, -0.15) is 0 Å². The number of hydrogen-bond acceptors (Lipinski definition) is 5. The van der Waals surface area contributed by atoms with E-state index in [0.717, 1.165) is 19.3 Å². The number of carbonyl (C=O) groups is 1. The van der Waals surface area contributed by atoms with Gasteiger partial charge >= 0.3 is 0 Å². The highest BCUT2D eigenvalue weighted by atomic mass is 16.5. The summed E-state index contributed by atoms with van der Waals surface area (Å²) >= 11 is 0. The molecule has 2 N–H and O–H groups in total. The maximum Gasteiger partial charge on any atom is 0.273 e. The largest absolute Gasteiger partial charge is 0.496 e. The van der Waals surface area contributed by atoms with Crippen molar-refractivity contribution in [3.63, 3.8) is 0 Å². The molecule has 0 radical (unpaired) electrons. The van der Waals surface area contributed by atoms with Crippen LogP contribution in [-0.2, 0) is 6.54 Å². The highest BCUT2D eigenvalue weighted by Crippen LogP contribution is 2.25. The number of carbonyl (C=O) groups excluding carboxylic acids is 1. The Balaban J connectivity index is 1.52. The molecule has 0 fully saturated rings. The van der Waals surface area contributed by atoms with Crippen LogP contribution in [0.4, 0.5) is 0 Å². The summed E-state index contributed by atoms with van der Waals surface area (Å²) in [6.07, 6.45) is 8.68. The van der Waals surface area contributed by atoms with Crippen LogP contribution >= 0.6 is 0 Å². The third-order valence-electron chi connectivity index (χ3n) is 4.75.